The summed E-state index contributed by atoms with van der Waals surface area (Å²) in [4.78, 5) is 27.2. The molecule has 4 rings (SSSR count). The van der Waals surface area contributed by atoms with Gasteiger partial charge >= 0.3 is 5.97 Å². The third-order valence-corrected chi connectivity index (χ3v) is 5.87. The largest absolute Gasteiger partial charge is 0.481 e. The molecule has 2 fully saturated rings. The van der Waals surface area contributed by atoms with Crippen LogP contribution in [0.4, 0.5) is 0 Å². The van der Waals surface area contributed by atoms with E-state index in [-0.39, 0.29) is 42.1 Å². The van der Waals surface area contributed by atoms with Crippen LogP contribution in [-0.4, -0.2) is 41.2 Å². The van der Waals surface area contributed by atoms with Gasteiger partial charge in [-0.25, -0.2) is 4.98 Å². The highest BCUT2D eigenvalue weighted by atomic mass is 16.5. The highest BCUT2D eigenvalue weighted by Gasteiger charge is 2.51. The Balaban J connectivity index is 1.57. The Bertz CT molecular complexity index is 877. The quantitative estimate of drug-likeness (QED) is 0.761. The second-order valence-electron chi connectivity index (χ2n) is 7.50. The van der Waals surface area contributed by atoms with Gasteiger partial charge in [-0.1, -0.05) is 24.3 Å². The van der Waals surface area contributed by atoms with Crippen LogP contribution in [-0.2, 0) is 22.4 Å². The van der Waals surface area contributed by atoms with Crippen LogP contribution in [0.3, 0.4) is 0 Å². The molecular weight excluding hydrogens is 360 g/mol. The Labute approximate surface area is 163 Å². The summed E-state index contributed by atoms with van der Waals surface area (Å²) in [7, 11) is 1.56. The van der Waals surface area contributed by atoms with E-state index in [9.17, 15) is 9.59 Å². The molecule has 0 saturated carbocycles. The van der Waals surface area contributed by atoms with Crippen molar-refractivity contribution < 1.29 is 23.8 Å². The molecule has 0 unspecified atom stereocenters. The number of carbonyl (C=O) groups excluding carboxylic acids is 1. The van der Waals surface area contributed by atoms with Gasteiger partial charge in [0.15, 0.2) is 5.69 Å². The number of hydrogen-bond donors (Lipinski definition) is 2. The lowest BCUT2D eigenvalue weighted by Gasteiger charge is -2.26. The van der Waals surface area contributed by atoms with E-state index in [2.05, 4.69) is 16.4 Å². The first kappa shape index (κ1) is 18.7. The van der Waals surface area contributed by atoms with E-state index in [0.29, 0.717) is 12.3 Å². The van der Waals surface area contributed by atoms with Gasteiger partial charge in [-0.05, 0) is 36.8 Å². The fourth-order valence-corrected chi connectivity index (χ4v) is 4.54. The molecule has 3 heterocycles. The molecule has 28 heavy (non-hydrogen) atoms. The number of nitrogens with zero attached hydrogens (tertiary/aromatic N) is 1. The number of carbonyl (C=O) groups is 2. The molecule has 148 valence electrons. The number of oxazole rings is 1. The van der Waals surface area contributed by atoms with Gasteiger partial charge in [0.25, 0.3) is 5.91 Å². The van der Waals surface area contributed by atoms with Crippen molar-refractivity contribution >= 4 is 11.9 Å². The molecule has 2 saturated heterocycles. The van der Waals surface area contributed by atoms with Crippen LogP contribution in [0.5, 0.6) is 0 Å². The maximum absolute atomic E-state index is 11.8. The van der Waals surface area contributed by atoms with E-state index in [1.54, 1.807) is 7.05 Å². The Morgan fingerprint density at radius 2 is 1.96 bits per heavy atom. The van der Waals surface area contributed by atoms with Gasteiger partial charge in [0.2, 0.25) is 5.89 Å². The molecule has 2 aliphatic rings. The average molecular weight is 384 g/mol. The summed E-state index contributed by atoms with van der Waals surface area (Å²) < 4.78 is 11.8. The summed E-state index contributed by atoms with van der Waals surface area (Å²) >= 11 is 0. The molecule has 0 spiro atoms. The number of carboxylic acid groups (broad SMARTS) is 1. The van der Waals surface area contributed by atoms with Gasteiger partial charge in [-0.2, -0.15) is 0 Å². The van der Waals surface area contributed by atoms with E-state index in [1.165, 1.54) is 6.26 Å². The third kappa shape index (κ3) is 3.54. The number of aryl methyl sites for hydroxylation is 1. The van der Waals surface area contributed by atoms with Crippen LogP contribution in [0.2, 0.25) is 0 Å². The van der Waals surface area contributed by atoms with Gasteiger partial charge in [-0.15, -0.1) is 0 Å². The second-order valence-corrected chi connectivity index (χ2v) is 7.50. The molecule has 7 nitrogen and oxygen atoms in total. The van der Waals surface area contributed by atoms with Crippen molar-refractivity contribution in [3.63, 3.8) is 0 Å². The van der Waals surface area contributed by atoms with Crippen LogP contribution in [0, 0.1) is 5.92 Å². The van der Waals surface area contributed by atoms with Crippen molar-refractivity contribution in [2.75, 3.05) is 7.05 Å². The highest BCUT2D eigenvalue weighted by Crippen LogP contribution is 2.49. The SMILES string of the molecule is CNC(=O)c1coc([C@H]2[C@H](Cc3ccccc3CCC(=O)O)[C@@H]3CC[C@H]2O3)n1. The first-order valence-corrected chi connectivity index (χ1v) is 9.68. The number of rotatable bonds is 7. The number of nitrogens with one attached hydrogen (secondary N) is 1. The predicted molar refractivity (Wildman–Crippen MR) is 100 cm³/mol. The molecular formula is C21H24N2O5. The van der Waals surface area contributed by atoms with Gasteiger partial charge < -0.3 is 19.6 Å². The van der Waals surface area contributed by atoms with E-state index in [1.807, 2.05) is 18.2 Å². The minimum absolute atomic E-state index is 0.00434. The van der Waals surface area contributed by atoms with E-state index in [0.717, 1.165) is 30.4 Å². The first-order chi connectivity index (χ1) is 13.6. The fourth-order valence-electron chi connectivity index (χ4n) is 4.54. The van der Waals surface area contributed by atoms with Crippen molar-refractivity contribution in [1.29, 1.82) is 0 Å². The smallest absolute Gasteiger partial charge is 0.303 e. The zero-order chi connectivity index (χ0) is 19.7. The summed E-state index contributed by atoms with van der Waals surface area (Å²) in [5.41, 5.74) is 2.48. The standard InChI is InChI=1S/C21H24N2O5/c1-22-20(26)15-11-27-21(23-15)19-14(16-7-8-17(19)28-16)10-13-5-3-2-4-12(13)6-9-18(24)25/h2-5,11,14,16-17,19H,6-10H2,1H3,(H,22,26)(H,24,25)/t14-,16+,17-,19+/m1/s1. The number of carboxylic acids is 1. The lowest BCUT2D eigenvalue weighted by Crippen LogP contribution is -2.28. The van der Waals surface area contributed by atoms with Crippen LogP contribution < -0.4 is 5.32 Å². The van der Waals surface area contributed by atoms with Crippen molar-refractivity contribution in [3.8, 4) is 0 Å². The highest BCUT2D eigenvalue weighted by molar-refractivity contribution is 5.91. The fraction of sp³-hybridized carbons (Fsp3) is 0.476. The summed E-state index contributed by atoms with van der Waals surface area (Å²) in [6, 6.07) is 7.98. The van der Waals surface area contributed by atoms with Gasteiger partial charge in [-0.3, -0.25) is 9.59 Å². The summed E-state index contributed by atoms with van der Waals surface area (Å²) in [5.74, 6) is -0.309. The Morgan fingerprint density at radius 1 is 1.21 bits per heavy atom. The lowest BCUT2D eigenvalue weighted by atomic mass is 9.75. The summed E-state index contributed by atoms with van der Waals surface area (Å²) in [6.45, 7) is 0. The zero-order valence-electron chi connectivity index (χ0n) is 15.8. The number of amides is 1. The second kappa shape index (κ2) is 7.75. The number of benzene rings is 1. The Morgan fingerprint density at radius 3 is 2.71 bits per heavy atom. The van der Waals surface area contributed by atoms with Crippen LogP contribution in [0.15, 0.2) is 34.9 Å². The van der Waals surface area contributed by atoms with Gasteiger partial charge in [0.1, 0.15) is 6.26 Å². The average Bonchev–Trinajstić information content (AvgIpc) is 3.42. The van der Waals surface area contributed by atoms with Crippen LogP contribution in [0.25, 0.3) is 0 Å². The Kier molecular flexibility index (Phi) is 5.17. The molecule has 1 aromatic heterocycles. The maximum atomic E-state index is 11.8. The molecule has 2 N–H and O–H groups in total. The van der Waals surface area contributed by atoms with Gasteiger partial charge in [0.05, 0.1) is 18.1 Å². The van der Waals surface area contributed by atoms with Gasteiger partial charge in [0, 0.05) is 19.4 Å². The number of hydrogen-bond acceptors (Lipinski definition) is 5. The first-order valence-electron chi connectivity index (χ1n) is 9.68. The molecule has 0 aliphatic carbocycles. The van der Waals surface area contributed by atoms with Crippen molar-refractivity contribution in [3.05, 3.63) is 53.2 Å². The van der Waals surface area contributed by atoms with E-state index >= 15 is 0 Å². The molecule has 1 amide bonds. The van der Waals surface area contributed by atoms with Crippen LogP contribution in [0.1, 0.15) is 52.7 Å². The van der Waals surface area contributed by atoms with E-state index < -0.39 is 5.97 Å². The molecule has 2 aromatic rings. The monoisotopic (exact) mass is 384 g/mol. The van der Waals surface area contributed by atoms with Crippen molar-refractivity contribution in [2.24, 2.45) is 5.92 Å². The van der Waals surface area contributed by atoms with Crippen molar-refractivity contribution in [2.45, 2.75) is 50.2 Å². The third-order valence-electron chi connectivity index (χ3n) is 5.87. The number of fused-ring (bicyclic) bond motifs is 2. The number of ether oxygens (including phenoxy) is 1. The maximum Gasteiger partial charge on any atom is 0.303 e. The normalized spacial score (nSPS) is 25.8. The summed E-state index contributed by atoms with van der Waals surface area (Å²) in [5, 5.41) is 11.6. The molecule has 1 aromatic carbocycles. The number of aliphatic carboxylic acids is 1. The summed E-state index contributed by atoms with van der Waals surface area (Å²) in [6.07, 6.45) is 4.96. The van der Waals surface area contributed by atoms with E-state index in [4.69, 9.17) is 14.3 Å². The Hall–Kier alpha value is -2.67. The van der Waals surface area contributed by atoms with Crippen molar-refractivity contribution in [1.82, 2.24) is 10.3 Å². The van der Waals surface area contributed by atoms with Crippen LogP contribution >= 0.6 is 0 Å². The molecule has 7 heteroatoms. The number of aromatic nitrogens is 1. The molecule has 2 bridgehead atoms. The molecule has 4 atom stereocenters. The molecule has 0 radical (unpaired) electrons. The zero-order valence-corrected chi connectivity index (χ0v) is 15.8. The minimum atomic E-state index is -0.794. The molecule has 2 aliphatic heterocycles. The minimum Gasteiger partial charge on any atom is -0.481 e. The lowest BCUT2D eigenvalue weighted by molar-refractivity contribution is -0.136. The predicted octanol–water partition coefficient (Wildman–Crippen LogP) is 2.56. The topological polar surface area (TPSA) is 102 Å².